The van der Waals surface area contributed by atoms with E-state index in [1.165, 1.54) is 19.2 Å². The number of para-hydroxylation sites is 1. The summed E-state index contributed by atoms with van der Waals surface area (Å²) in [6.45, 7) is 2.59. The molecule has 0 unspecified atom stereocenters. The third-order valence-corrected chi connectivity index (χ3v) is 6.53. The fourth-order valence-corrected chi connectivity index (χ4v) is 4.72. The van der Waals surface area contributed by atoms with E-state index < -0.39 is 5.97 Å². The highest BCUT2D eigenvalue weighted by molar-refractivity contribution is 5.93. The van der Waals surface area contributed by atoms with Gasteiger partial charge in [-0.05, 0) is 17.7 Å². The molecule has 9 heteroatoms. The predicted octanol–water partition coefficient (Wildman–Crippen LogP) is 3.18. The third kappa shape index (κ3) is 4.79. The minimum absolute atomic E-state index is 0.112. The summed E-state index contributed by atoms with van der Waals surface area (Å²) in [5.41, 5.74) is 2.08. The quantitative estimate of drug-likeness (QED) is 0.467. The van der Waals surface area contributed by atoms with Crippen LogP contribution in [0.25, 0.3) is 0 Å². The van der Waals surface area contributed by atoms with E-state index in [-0.39, 0.29) is 36.1 Å². The standard InChI is InChI=1S/C27H27FN2O6/c1-33-27(32)25-21-9-11-29(16-19-6-4-8-22-26(19)36-17-35-22)12-13-30(21)24(31)15-23(25)34-14-10-18-5-2-3-7-20(18)28/h2-8,15H,9-14,16-17H2,1H3. The van der Waals surface area contributed by atoms with Gasteiger partial charge in [0.1, 0.15) is 17.1 Å². The maximum atomic E-state index is 14.0. The van der Waals surface area contributed by atoms with Gasteiger partial charge in [0.05, 0.1) is 13.7 Å². The largest absolute Gasteiger partial charge is 0.492 e. The van der Waals surface area contributed by atoms with E-state index in [9.17, 15) is 14.0 Å². The van der Waals surface area contributed by atoms with Crippen LogP contribution < -0.4 is 19.8 Å². The summed E-state index contributed by atoms with van der Waals surface area (Å²) in [7, 11) is 1.30. The summed E-state index contributed by atoms with van der Waals surface area (Å²) in [6.07, 6.45) is 0.753. The average Bonchev–Trinajstić information content (AvgIpc) is 3.27. The van der Waals surface area contributed by atoms with Gasteiger partial charge in [0, 0.05) is 56.3 Å². The fraction of sp³-hybridized carbons (Fsp3) is 0.333. The highest BCUT2D eigenvalue weighted by atomic mass is 19.1. The molecule has 3 aromatic rings. The molecule has 0 saturated heterocycles. The van der Waals surface area contributed by atoms with Gasteiger partial charge in [0.25, 0.3) is 5.56 Å². The number of halogens is 1. The molecule has 5 rings (SSSR count). The molecular formula is C27H27FN2O6. The first kappa shape index (κ1) is 23.9. The molecule has 2 aromatic carbocycles. The van der Waals surface area contributed by atoms with Gasteiger partial charge in [-0.15, -0.1) is 0 Å². The van der Waals surface area contributed by atoms with Crippen molar-refractivity contribution in [1.29, 1.82) is 0 Å². The van der Waals surface area contributed by atoms with Crippen LogP contribution in [-0.2, 0) is 30.7 Å². The number of esters is 1. The Morgan fingerprint density at radius 2 is 1.89 bits per heavy atom. The molecule has 0 saturated carbocycles. The van der Waals surface area contributed by atoms with Crippen LogP contribution in [0.1, 0.15) is 27.2 Å². The Bertz CT molecular complexity index is 1340. The molecule has 0 radical (unpaired) electrons. The van der Waals surface area contributed by atoms with Crippen LogP contribution in [0.2, 0.25) is 0 Å². The number of nitrogens with zero attached hydrogens (tertiary/aromatic N) is 2. The summed E-state index contributed by atoms with van der Waals surface area (Å²) >= 11 is 0. The van der Waals surface area contributed by atoms with Crippen LogP contribution in [0.3, 0.4) is 0 Å². The minimum Gasteiger partial charge on any atom is -0.492 e. The van der Waals surface area contributed by atoms with Crippen LogP contribution in [0.15, 0.2) is 53.3 Å². The zero-order valence-corrected chi connectivity index (χ0v) is 20.0. The molecule has 3 heterocycles. The number of benzene rings is 2. The molecule has 0 N–H and O–H groups in total. The van der Waals surface area contributed by atoms with Crippen molar-refractivity contribution in [2.24, 2.45) is 0 Å². The number of ether oxygens (including phenoxy) is 4. The normalized spacial score (nSPS) is 14.7. The summed E-state index contributed by atoms with van der Waals surface area (Å²) in [6, 6.07) is 13.6. The first-order chi connectivity index (χ1) is 17.5. The minimum atomic E-state index is -0.570. The first-order valence-electron chi connectivity index (χ1n) is 11.9. The summed E-state index contributed by atoms with van der Waals surface area (Å²) < 4.78 is 37.6. The van der Waals surface area contributed by atoms with Crippen molar-refractivity contribution < 1.29 is 28.1 Å². The van der Waals surface area contributed by atoms with E-state index >= 15 is 0 Å². The lowest BCUT2D eigenvalue weighted by Gasteiger charge is -2.20. The molecule has 0 fully saturated rings. The molecule has 0 bridgehead atoms. The smallest absolute Gasteiger partial charge is 0.343 e. The van der Waals surface area contributed by atoms with Crippen molar-refractivity contribution in [1.82, 2.24) is 9.47 Å². The highest BCUT2D eigenvalue weighted by Crippen LogP contribution is 2.36. The second-order valence-corrected chi connectivity index (χ2v) is 8.68. The van der Waals surface area contributed by atoms with Crippen LogP contribution >= 0.6 is 0 Å². The Morgan fingerprint density at radius 1 is 1.06 bits per heavy atom. The Balaban J connectivity index is 1.37. The third-order valence-electron chi connectivity index (χ3n) is 6.53. The lowest BCUT2D eigenvalue weighted by molar-refractivity contribution is 0.0593. The number of carbonyl (C=O) groups excluding carboxylic acids is 1. The molecule has 0 amide bonds. The van der Waals surface area contributed by atoms with Crippen LogP contribution in [-0.4, -0.2) is 49.0 Å². The van der Waals surface area contributed by atoms with Crippen LogP contribution in [0, 0.1) is 5.82 Å². The van der Waals surface area contributed by atoms with Crippen molar-refractivity contribution in [3.63, 3.8) is 0 Å². The van der Waals surface area contributed by atoms with E-state index in [4.69, 9.17) is 18.9 Å². The first-order valence-corrected chi connectivity index (χ1v) is 11.9. The molecule has 0 atom stereocenters. The second kappa shape index (κ2) is 10.4. The van der Waals surface area contributed by atoms with Gasteiger partial charge in [-0.3, -0.25) is 9.69 Å². The van der Waals surface area contributed by atoms with Crippen LogP contribution in [0.5, 0.6) is 17.2 Å². The molecule has 8 nitrogen and oxygen atoms in total. The number of aromatic nitrogens is 1. The number of methoxy groups -OCH3 is 1. The van der Waals surface area contributed by atoms with E-state index in [1.807, 2.05) is 18.2 Å². The second-order valence-electron chi connectivity index (χ2n) is 8.68. The van der Waals surface area contributed by atoms with Gasteiger partial charge in [-0.2, -0.15) is 0 Å². The summed E-state index contributed by atoms with van der Waals surface area (Å²) in [4.78, 5) is 28.0. The van der Waals surface area contributed by atoms with Crippen molar-refractivity contribution in [3.05, 3.63) is 87.1 Å². The van der Waals surface area contributed by atoms with Gasteiger partial charge in [0.2, 0.25) is 6.79 Å². The maximum absolute atomic E-state index is 14.0. The Morgan fingerprint density at radius 3 is 2.72 bits per heavy atom. The average molecular weight is 495 g/mol. The fourth-order valence-electron chi connectivity index (χ4n) is 4.72. The highest BCUT2D eigenvalue weighted by Gasteiger charge is 2.27. The summed E-state index contributed by atoms with van der Waals surface area (Å²) in [5, 5.41) is 0. The molecule has 2 aliphatic rings. The zero-order valence-electron chi connectivity index (χ0n) is 20.0. The molecular weight excluding hydrogens is 467 g/mol. The van der Waals surface area contributed by atoms with Crippen LogP contribution in [0.4, 0.5) is 4.39 Å². The number of hydrogen-bond donors (Lipinski definition) is 0. The Hall–Kier alpha value is -3.85. The lowest BCUT2D eigenvalue weighted by Crippen LogP contribution is -2.29. The van der Waals surface area contributed by atoms with Gasteiger partial charge < -0.3 is 23.5 Å². The summed E-state index contributed by atoms with van der Waals surface area (Å²) in [5.74, 6) is 0.746. The molecule has 36 heavy (non-hydrogen) atoms. The van der Waals surface area contributed by atoms with Crippen molar-refractivity contribution >= 4 is 5.97 Å². The SMILES string of the molecule is COC(=O)c1c(OCCc2ccccc2F)cc(=O)n2c1CCN(Cc1cccc3c1OCO3)CC2. The van der Waals surface area contributed by atoms with Crippen molar-refractivity contribution in [2.45, 2.75) is 25.9 Å². The van der Waals surface area contributed by atoms with Gasteiger partial charge in [0.15, 0.2) is 11.5 Å². The van der Waals surface area contributed by atoms with E-state index in [1.54, 1.807) is 22.8 Å². The lowest BCUT2D eigenvalue weighted by atomic mass is 10.1. The topological polar surface area (TPSA) is 79.2 Å². The zero-order chi connectivity index (χ0) is 25.1. The monoisotopic (exact) mass is 494 g/mol. The predicted molar refractivity (Wildman–Crippen MR) is 129 cm³/mol. The molecule has 1 aromatic heterocycles. The number of pyridine rings is 1. The Kier molecular flexibility index (Phi) is 6.90. The Labute approximate surface area is 207 Å². The van der Waals surface area contributed by atoms with Gasteiger partial charge in [-0.1, -0.05) is 30.3 Å². The van der Waals surface area contributed by atoms with E-state index in [2.05, 4.69) is 4.90 Å². The number of rotatable bonds is 7. The van der Waals surface area contributed by atoms with Gasteiger partial charge >= 0.3 is 5.97 Å². The van der Waals surface area contributed by atoms with Gasteiger partial charge in [-0.25, -0.2) is 9.18 Å². The molecule has 2 aliphatic heterocycles. The van der Waals surface area contributed by atoms with E-state index in [0.29, 0.717) is 50.3 Å². The molecule has 188 valence electrons. The molecule has 0 aliphatic carbocycles. The van der Waals surface area contributed by atoms with Crippen molar-refractivity contribution in [3.8, 4) is 17.2 Å². The molecule has 0 spiro atoms. The van der Waals surface area contributed by atoms with Crippen molar-refractivity contribution in [2.75, 3.05) is 33.6 Å². The number of hydrogen-bond acceptors (Lipinski definition) is 7. The van der Waals surface area contributed by atoms with E-state index in [0.717, 1.165) is 17.1 Å². The number of carbonyl (C=O) groups is 1. The number of fused-ring (bicyclic) bond motifs is 2. The maximum Gasteiger partial charge on any atom is 0.343 e.